The summed E-state index contributed by atoms with van der Waals surface area (Å²) in [5.41, 5.74) is 0. The molecule has 0 unspecified atom stereocenters. The summed E-state index contributed by atoms with van der Waals surface area (Å²) in [6, 6.07) is 0. The third-order valence-corrected chi connectivity index (χ3v) is 1.32. The van der Waals surface area contributed by atoms with Gasteiger partial charge < -0.3 is 0 Å². The molecule has 0 aromatic rings. The van der Waals surface area contributed by atoms with Crippen LogP contribution >= 0.6 is 0 Å². The highest BCUT2D eigenvalue weighted by Crippen LogP contribution is 1.92. The summed E-state index contributed by atoms with van der Waals surface area (Å²) in [6.45, 7) is 9.36. The number of amidine groups is 1. The molecule has 0 N–H and O–H groups in total. The number of hydrogen-bond donors (Lipinski definition) is 0. The van der Waals surface area contributed by atoms with Gasteiger partial charge in [0.05, 0.1) is 0 Å². The normalized spacial score (nSPS) is 12.3. The standard InChI is InChI=1S/C9H15N5/c1-5-13-8-14(12-4)9(11-3)6-7-10-2/h6-8H,2,4-5H2,1,3H3/b7-6-,11-9+,13-8-. The van der Waals surface area contributed by atoms with Crippen molar-refractivity contribution in [2.24, 2.45) is 20.1 Å². The maximum atomic E-state index is 4.03. The molecule has 5 heteroatoms. The fourth-order valence-corrected chi connectivity index (χ4v) is 0.700. The van der Waals surface area contributed by atoms with E-state index in [-0.39, 0.29) is 0 Å². The molecule has 0 aromatic heterocycles. The zero-order valence-corrected chi connectivity index (χ0v) is 8.59. The third kappa shape index (κ3) is 4.30. The predicted molar refractivity (Wildman–Crippen MR) is 62.5 cm³/mol. The van der Waals surface area contributed by atoms with Crippen molar-refractivity contribution in [3.63, 3.8) is 0 Å². The second-order valence-electron chi connectivity index (χ2n) is 2.18. The van der Waals surface area contributed by atoms with Crippen LogP contribution in [0.4, 0.5) is 0 Å². The van der Waals surface area contributed by atoms with Gasteiger partial charge in [0.15, 0.2) is 5.84 Å². The van der Waals surface area contributed by atoms with E-state index in [1.54, 1.807) is 19.5 Å². The number of hydrogen-bond acceptors (Lipinski definition) is 4. The van der Waals surface area contributed by atoms with Crippen LogP contribution in [0.1, 0.15) is 6.92 Å². The second kappa shape index (κ2) is 7.85. The van der Waals surface area contributed by atoms with Gasteiger partial charge in [-0.25, -0.2) is 5.01 Å². The van der Waals surface area contributed by atoms with Crippen LogP contribution in [0.5, 0.6) is 0 Å². The first-order valence-corrected chi connectivity index (χ1v) is 4.15. The molecule has 0 bridgehead atoms. The van der Waals surface area contributed by atoms with Gasteiger partial charge in [-0.2, -0.15) is 5.10 Å². The fraction of sp³-hybridized carbons (Fsp3) is 0.333. The molecule has 0 saturated carbocycles. The van der Waals surface area contributed by atoms with Crippen LogP contribution in [0.15, 0.2) is 32.4 Å². The van der Waals surface area contributed by atoms with E-state index in [2.05, 4.69) is 33.5 Å². The van der Waals surface area contributed by atoms with Crippen molar-refractivity contribution in [1.29, 1.82) is 0 Å². The molecule has 0 amide bonds. The first kappa shape index (κ1) is 12.2. The summed E-state index contributed by atoms with van der Waals surface area (Å²) < 4.78 is 0. The Labute approximate surface area is 84.3 Å². The summed E-state index contributed by atoms with van der Waals surface area (Å²) in [5.74, 6) is 0.601. The van der Waals surface area contributed by atoms with E-state index in [4.69, 9.17) is 0 Å². The molecular weight excluding hydrogens is 178 g/mol. The molecule has 0 aliphatic rings. The maximum absolute atomic E-state index is 4.03. The largest absolute Gasteiger partial charge is 0.274 e. The number of aliphatic imine (C=N–C) groups is 3. The molecule has 14 heavy (non-hydrogen) atoms. The lowest BCUT2D eigenvalue weighted by molar-refractivity contribution is 0.685. The van der Waals surface area contributed by atoms with Gasteiger partial charge in [0.1, 0.15) is 6.34 Å². The topological polar surface area (TPSA) is 52.7 Å². The maximum Gasteiger partial charge on any atom is 0.151 e. The molecule has 0 saturated heterocycles. The summed E-state index contributed by atoms with van der Waals surface area (Å²) in [4.78, 5) is 11.6. The Morgan fingerprint density at radius 1 is 1.43 bits per heavy atom. The zero-order valence-electron chi connectivity index (χ0n) is 8.59. The van der Waals surface area contributed by atoms with Gasteiger partial charge in [-0.3, -0.25) is 15.0 Å². The molecule has 5 nitrogen and oxygen atoms in total. The third-order valence-electron chi connectivity index (χ3n) is 1.32. The van der Waals surface area contributed by atoms with Crippen LogP contribution in [0.3, 0.4) is 0 Å². The van der Waals surface area contributed by atoms with Crippen molar-refractivity contribution < 1.29 is 0 Å². The Bertz CT molecular complexity index is 264. The smallest absolute Gasteiger partial charge is 0.151 e. The fourth-order valence-electron chi connectivity index (χ4n) is 0.700. The molecule has 0 aliphatic heterocycles. The van der Waals surface area contributed by atoms with Crippen molar-refractivity contribution in [1.82, 2.24) is 5.01 Å². The van der Waals surface area contributed by atoms with E-state index < -0.39 is 0 Å². The minimum absolute atomic E-state index is 0.601. The van der Waals surface area contributed by atoms with Crippen molar-refractivity contribution in [2.45, 2.75) is 6.92 Å². The van der Waals surface area contributed by atoms with Crippen molar-refractivity contribution in [2.75, 3.05) is 13.6 Å². The van der Waals surface area contributed by atoms with Crippen molar-refractivity contribution in [3.05, 3.63) is 12.3 Å². The second-order valence-corrected chi connectivity index (χ2v) is 2.18. The molecule has 0 rings (SSSR count). The van der Waals surface area contributed by atoms with E-state index in [1.165, 1.54) is 11.2 Å². The first-order chi connectivity index (χ1) is 6.79. The molecule has 0 aliphatic carbocycles. The van der Waals surface area contributed by atoms with Crippen LogP contribution in [0.2, 0.25) is 0 Å². The molecule has 0 aromatic carbocycles. The molecule has 0 heterocycles. The van der Waals surface area contributed by atoms with Gasteiger partial charge in [0.25, 0.3) is 0 Å². The van der Waals surface area contributed by atoms with Crippen LogP contribution in [-0.4, -0.2) is 44.2 Å². The zero-order chi connectivity index (χ0) is 10.8. The Kier molecular flexibility index (Phi) is 6.85. The number of nitrogens with zero attached hydrogens (tertiary/aromatic N) is 5. The predicted octanol–water partition coefficient (Wildman–Crippen LogP) is 1.19. The SMILES string of the molecule is C=N/C=C\C(=N/C)N(/C=N\CC)N=C. The van der Waals surface area contributed by atoms with Crippen LogP contribution in [-0.2, 0) is 0 Å². The average molecular weight is 193 g/mol. The summed E-state index contributed by atoms with van der Waals surface area (Å²) >= 11 is 0. The van der Waals surface area contributed by atoms with E-state index in [0.717, 1.165) is 0 Å². The molecule has 76 valence electrons. The van der Waals surface area contributed by atoms with Crippen molar-refractivity contribution in [3.8, 4) is 0 Å². The van der Waals surface area contributed by atoms with Crippen molar-refractivity contribution >= 4 is 25.6 Å². The highest BCUT2D eigenvalue weighted by atomic mass is 15.5. The van der Waals surface area contributed by atoms with Gasteiger partial charge in [0, 0.05) is 32.6 Å². The van der Waals surface area contributed by atoms with E-state index in [0.29, 0.717) is 12.4 Å². The highest BCUT2D eigenvalue weighted by molar-refractivity contribution is 5.99. The molecular formula is C9H15N5. The van der Waals surface area contributed by atoms with Crippen LogP contribution in [0, 0.1) is 0 Å². The minimum atomic E-state index is 0.601. The highest BCUT2D eigenvalue weighted by Gasteiger charge is 2.00. The van der Waals surface area contributed by atoms with Gasteiger partial charge >= 0.3 is 0 Å². The monoisotopic (exact) mass is 193 g/mol. The molecule has 0 fully saturated rings. The Morgan fingerprint density at radius 3 is 2.57 bits per heavy atom. The Hall–Kier alpha value is -1.78. The lowest BCUT2D eigenvalue weighted by atomic mass is 10.5. The van der Waals surface area contributed by atoms with Crippen LogP contribution in [0.25, 0.3) is 0 Å². The number of hydrazone groups is 1. The van der Waals surface area contributed by atoms with Gasteiger partial charge in [-0.15, -0.1) is 0 Å². The summed E-state index contributed by atoms with van der Waals surface area (Å²) in [7, 11) is 1.65. The Balaban J connectivity index is 4.62. The van der Waals surface area contributed by atoms with Gasteiger partial charge in [-0.1, -0.05) is 0 Å². The van der Waals surface area contributed by atoms with Gasteiger partial charge in [0.2, 0.25) is 0 Å². The molecule has 0 radical (unpaired) electrons. The lowest BCUT2D eigenvalue weighted by Crippen LogP contribution is -2.22. The molecule has 0 atom stereocenters. The molecule has 0 spiro atoms. The average Bonchev–Trinajstić information content (AvgIpc) is 2.23. The van der Waals surface area contributed by atoms with E-state index in [9.17, 15) is 0 Å². The quantitative estimate of drug-likeness (QED) is 0.367. The van der Waals surface area contributed by atoms with E-state index >= 15 is 0 Å². The van der Waals surface area contributed by atoms with Gasteiger partial charge in [-0.05, 0) is 13.6 Å². The Morgan fingerprint density at radius 2 is 2.14 bits per heavy atom. The minimum Gasteiger partial charge on any atom is -0.274 e. The summed E-state index contributed by atoms with van der Waals surface area (Å²) in [6.07, 6.45) is 4.76. The first-order valence-electron chi connectivity index (χ1n) is 4.15. The van der Waals surface area contributed by atoms with E-state index in [1.807, 2.05) is 6.92 Å². The number of rotatable bonds is 5. The lowest BCUT2D eigenvalue weighted by Gasteiger charge is -2.10. The summed E-state index contributed by atoms with van der Waals surface area (Å²) in [5, 5.41) is 5.20. The van der Waals surface area contributed by atoms with Crippen LogP contribution < -0.4 is 0 Å².